The number of rotatable bonds is 6. The van der Waals surface area contributed by atoms with Crippen molar-refractivity contribution in [3.05, 3.63) is 69.0 Å². The molecule has 0 fully saturated rings. The highest BCUT2D eigenvalue weighted by Gasteiger charge is 2.12. The number of nitrogens with zero attached hydrogens (tertiary/aromatic N) is 3. The topological polar surface area (TPSA) is 65.7 Å². The van der Waals surface area contributed by atoms with Gasteiger partial charge in [-0.1, -0.05) is 36.5 Å². The molecule has 0 bridgehead atoms. The van der Waals surface area contributed by atoms with Crippen LogP contribution < -0.4 is 19.6 Å². The van der Waals surface area contributed by atoms with Crippen LogP contribution >= 0.6 is 11.3 Å². The van der Waals surface area contributed by atoms with Gasteiger partial charge in [0.2, 0.25) is 4.96 Å². The van der Waals surface area contributed by atoms with E-state index in [1.165, 1.54) is 15.9 Å². The number of benzene rings is 2. The molecular formula is C21H19N3O3S. The lowest BCUT2D eigenvalue weighted by atomic mass is 10.2. The SMILES string of the molecule is CCCOc1ccccc1/C=c1\sc2nc(-c3ccc(OC)cc3)nn2c1=O. The van der Waals surface area contributed by atoms with Crippen LogP contribution in [0.2, 0.25) is 0 Å². The number of thiazole rings is 1. The van der Waals surface area contributed by atoms with Crippen LogP contribution in [0.4, 0.5) is 0 Å². The molecule has 4 rings (SSSR count). The van der Waals surface area contributed by atoms with Crippen LogP contribution in [0.1, 0.15) is 18.9 Å². The second-order valence-electron chi connectivity index (χ2n) is 6.16. The Balaban J connectivity index is 1.72. The minimum absolute atomic E-state index is 0.183. The van der Waals surface area contributed by atoms with E-state index in [4.69, 9.17) is 9.47 Å². The number of hydrogen-bond donors (Lipinski definition) is 0. The van der Waals surface area contributed by atoms with Crippen molar-refractivity contribution in [2.45, 2.75) is 13.3 Å². The monoisotopic (exact) mass is 393 g/mol. The summed E-state index contributed by atoms with van der Waals surface area (Å²) in [5, 5.41) is 4.38. The van der Waals surface area contributed by atoms with Gasteiger partial charge < -0.3 is 9.47 Å². The Morgan fingerprint density at radius 1 is 1.14 bits per heavy atom. The summed E-state index contributed by atoms with van der Waals surface area (Å²) in [6.45, 7) is 2.69. The van der Waals surface area contributed by atoms with E-state index in [9.17, 15) is 4.79 Å². The van der Waals surface area contributed by atoms with Crippen molar-refractivity contribution in [2.24, 2.45) is 0 Å². The summed E-state index contributed by atoms with van der Waals surface area (Å²) in [5.41, 5.74) is 1.52. The van der Waals surface area contributed by atoms with Crippen LogP contribution in [0.25, 0.3) is 22.4 Å². The Kier molecular flexibility index (Phi) is 5.08. The Bertz CT molecular complexity index is 1210. The molecule has 0 aliphatic rings. The summed E-state index contributed by atoms with van der Waals surface area (Å²) in [7, 11) is 1.62. The maximum absolute atomic E-state index is 12.8. The first-order chi connectivity index (χ1) is 13.7. The molecule has 0 amide bonds. The summed E-state index contributed by atoms with van der Waals surface area (Å²) in [5.74, 6) is 2.04. The highest BCUT2D eigenvalue weighted by atomic mass is 32.1. The molecule has 28 heavy (non-hydrogen) atoms. The second-order valence-corrected chi connectivity index (χ2v) is 7.17. The number of ether oxygens (including phenoxy) is 2. The summed E-state index contributed by atoms with van der Waals surface area (Å²) in [6, 6.07) is 15.1. The number of methoxy groups -OCH3 is 1. The predicted octanol–water partition coefficient (Wildman–Crippen LogP) is 3.16. The third kappa shape index (κ3) is 3.48. The average molecular weight is 393 g/mol. The Labute approximate surface area is 165 Å². The quantitative estimate of drug-likeness (QED) is 0.503. The molecule has 142 valence electrons. The van der Waals surface area contributed by atoms with E-state index >= 15 is 0 Å². The van der Waals surface area contributed by atoms with E-state index < -0.39 is 0 Å². The van der Waals surface area contributed by atoms with Crippen molar-refractivity contribution >= 4 is 22.4 Å². The van der Waals surface area contributed by atoms with Crippen molar-refractivity contribution in [1.29, 1.82) is 0 Å². The summed E-state index contributed by atoms with van der Waals surface area (Å²) < 4.78 is 12.9. The third-order valence-corrected chi connectivity index (χ3v) is 5.16. The largest absolute Gasteiger partial charge is 0.497 e. The molecule has 0 radical (unpaired) electrons. The molecule has 0 unspecified atom stereocenters. The maximum Gasteiger partial charge on any atom is 0.291 e. The van der Waals surface area contributed by atoms with Gasteiger partial charge in [-0.25, -0.2) is 0 Å². The molecule has 0 atom stereocenters. The van der Waals surface area contributed by atoms with Crippen LogP contribution in [0, 0.1) is 0 Å². The summed E-state index contributed by atoms with van der Waals surface area (Å²) in [4.78, 5) is 17.9. The van der Waals surface area contributed by atoms with E-state index in [1.807, 2.05) is 54.6 Å². The lowest BCUT2D eigenvalue weighted by Crippen LogP contribution is -2.23. The minimum atomic E-state index is -0.183. The first-order valence-corrected chi connectivity index (χ1v) is 9.79. The van der Waals surface area contributed by atoms with Gasteiger partial charge in [-0.2, -0.15) is 9.50 Å². The van der Waals surface area contributed by atoms with Crippen LogP contribution in [0.5, 0.6) is 11.5 Å². The standard InChI is InChI=1S/C21H19N3O3S/c1-3-12-27-17-7-5-4-6-15(17)13-18-20(25)24-21(28-18)22-19(23-24)14-8-10-16(26-2)11-9-14/h4-11,13H,3,12H2,1-2H3/b18-13-. The average Bonchev–Trinajstić information content (AvgIpc) is 3.27. The smallest absolute Gasteiger partial charge is 0.291 e. The molecule has 4 aromatic rings. The lowest BCUT2D eigenvalue weighted by Gasteiger charge is -2.07. The Morgan fingerprint density at radius 3 is 2.64 bits per heavy atom. The van der Waals surface area contributed by atoms with Crippen molar-refractivity contribution in [1.82, 2.24) is 14.6 Å². The predicted molar refractivity (Wildman–Crippen MR) is 110 cm³/mol. The van der Waals surface area contributed by atoms with E-state index in [1.54, 1.807) is 7.11 Å². The first-order valence-electron chi connectivity index (χ1n) is 8.97. The fourth-order valence-electron chi connectivity index (χ4n) is 2.78. The van der Waals surface area contributed by atoms with E-state index in [0.717, 1.165) is 29.0 Å². The maximum atomic E-state index is 12.8. The molecule has 0 N–H and O–H groups in total. The van der Waals surface area contributed by atoms with Crippen molar-refractivity contribution in [2.75, 3.05) is 13.7 Å². The molecule has 2 aromatic carbocycles. The molecule has 0 saturated carbocycles. The summed E-state index contributed by atoms with van der Waals surface area (Å²) >= 11 is 1.32. The zero-order chi connectivity index (χ0) is 19.5. The number of aromatic nitrogens is 3. The highest BCUT2D eigenvalue weighted by Crippen LogP contribution is 2.21. The molecule has 7 heteroatoms. The van der Waals surface area contributed by atoms with Gasteiger partial charge >= 0.3 is 0 Å². The third-order valence-electron chi connectivity index (χ3n) is 4.20. The van der Waals surface area contributed by atoms with Crippen LogP contribution in [0.3, 0.4) is 0 Å². The van der Waals surface area contributed by atoms with Gasteiger partial charge in [0.25, 0.3) is 5.56 Å². The first kappa shape index (κ1) is 18.2. The van der Waals surface area contributed by atoms with Crippen molar-refractivity contribution < 1.29 is 9.47 Å². The zero-order valence-corrected chi connectivity index (χ0v) is 16.4. The number of fused-ring (bicyclic) bond motifs is 1. The van der Waals surface area contributed by atoms with E-state index in [2.05, 4.69) is 17.0 Å². The normalized spacial score (nSPS) is 11.9. The molecule has 0 spiro atoms. The zero-order valence-electron chi connectivity index (χ0n) is 15.6. The van der Waals surface area contributed by atoms with Gasteiger partial charge in [-0.3, -0.25) is 4.79 Å². The fraction of sp³-hybridized carbons (Fsp3) is 0.190. The van der Waals surface area contributed by atoms with Gasteiger partial charge in [-0.05, 0) is 42.8 Å². The minimum Gasteiger partial charge on any atom is -0.497 e. The molecule has 2 aromatic heterocycles. The molecule has 2 heterocycles. The summed E-state index contributed by atoms with van der Waals surface area (Å²) in [6.07, 6.45) is 2.76. The number of para-hydroxylation sites is 1. The molecular weight excluding hydrogens is 374 g/mol. The second kappa shape index (κ2) is 7.82. The molecule has 0 saturated heterocycles. The van der Waals surface area contributed by atoms with Crippen molar-refractivity contribution in [3.8, 4) is 22.9 Å². The van der Waals surface area contributed by atoms with E-state index in [0.29, 0.717) is 21.9 Å². The van der Waals surface area contributed by atoms with Crippen LogP contribution in [0.15, 0.2) is 53.3 Å². The van der Waals surface area contributed by atoms with Gasteiger partial charge in [0.15, 0.2) is 5.82 Å². The van der Waals surface area contributed by atoms with Gasteiger partial charge in [0.05, 0.1) is 18.2 Å². The fourth-order valence-corrected chi connectivity index (χ4v) is 3.68. The Morgan fingerprint density at radius 2 is 1.93 bits per heavy atom. The van der Waals surface area contributed by atoms with Crippen LogP contribution in [-0.4, -0.2) is 28.3 Å². The van der Waals surface area contributed by atoms with Gasteiger partial charge in [0, 0.05) is 11.1 Å². The molecule has 6 nitrogen and oxygen atoms in total. The van der Waals surface area contributed by atoms with Crippen LogP contribution in [-0.2, 0) is 0 Å². The van der Waals surface area contributed by atoms with Crippen molar-refractivity contribution in [3.63, 3.8) is 0 Å². The van der Waals surface area contributed by atoms with Gasteiger partial charge in [-0.15, -0.1) is 5.10 Å². The number of hydrogen-bond acceptors (Lipinski definition) is 6. The van der Waals surface area contributed by atoms with E-state index in [-0.39, 0.29) is 5.56 Å². The lowest BCUT2D eigenvalue weighted by molar-refractivity contribution is 0.317. The molecule has 0 aliphatic heterocycles. The highest BCUT2D eigenvalue weighted by molar-refractivity contribution is 7.15. The van der Waals surface area contributed by atoms with Gasteiger partial charge in [0.1, 0.15) is 11.5 Å². The Hall–Kier alpha value is -3.19. The molecule has 0 aliphatic carbocycles.